The summed E-state index contributed by atoms with van der Waals surface area (Å²) in [6.45, 7) is -0.342. The van der Waals surface area contributed by atoms with Crippen molar-refractivity contribution in [3.8, 4) is 5.75 Å². The van der Waals surface area contributed by atoms with E-state index in [-0.39, 0.29) is 19.0 Å². The maximum absolute atomic E-state index is 12.8. The maximum Gasteiger partial charge on any atom is 0.344 e. The monoisotopic (exact) mass is 365 g/mol. The minimum Gasteiger partial charge on any atom is -0.482 e. The zero-order valence-electron chi connectivity index (χ0n) is 13.3. The molecule has 2 aromatic carbocycles. The van der Waals surface area contributed by atoms with Crippen molar-refractivity contribution < 1.29 is 23.5 Å². The van der Waals surface area contributed by atoms with Gasteiger partial charge in [0.05, 0.1) is 0 Å². The van der Waals surface area contributed by atoms with Gasteiger partial charge in [0, 0.05) is 11.6 Å². The summed E-state index contributed by atoms with van der Waals surface area (Å²) >= 11 is 5.80. The van der Waals surface area contributed by atoms with Gasteiger partial charge < -0.3 is 14.8 Å². The number of amides is 1. The van der Waals surface area contributed by atoms with Crippen molar-refractivity contribution in [1.82, 2.24) is 5.32 Å². The molecule has 0 saturated heterocycles. The fourth-order valence-electron chi connectivity index (χ4n) is 1.94. The third-order valence-corrected chi connectivity index (χ3v) is 3.40. The van der Waals surface area contributed by atoms with Gasteiger partial charge in [0.25, 0.3) is 5.91 Å². The van der Waals surface area contributed by atoms with Crippen LogP contribution in [0.4, 0.5) is 4.39 Å². The first-order chi connectivity index (χ1) is 12.0. The Morgan fingerprint density at radius 1 is 1.08 bits per heavy atom. The molecule has 2 rings (SSSR count). The molecule has 0 aliphatic heterocycles. The first-order valence-corrected chi connectivity index (χ1v) is 7.96. The average Bonchev–Trinajstić information content (AvgIpc) is 2.60. The van der Waals surface area contributed by atoms with Crippen LogP contribution in [-0.2, 0) is 20.7 Å². The first-order valence-electron chi connectivity index (χ1n) is 7.58. The average molecular weight is 366 g/mol. The second kappa shape index (κ2) is 9.64. The first kappa shape index (κ1) is 18.7. The van der Waals surface area contributed by atoms with Gasteiger partial charge in [0.2, 0.25) is 0 Å². The number of esters is 1. The van der Waals surface area contributed by atoms with Crippen molar-refractivity contribution in [3.05, 3.63) is 64.9 Å². The minimum absolute atomic E-state index is 0.306. The number of nitrogens with one attached hydrogen (secondary N) is 1. The van der Waals surface area contributed by atoms with Crippen molar-refractivity contribution in [1.29, 1.82) is 0 Å². The fourth-order valence-corrected chi connectivity index (χ4v) is 2.12. The van der Waals surface area contributed by atoms with Crippen LogP contribution in [0.25, 0.3) is 0 Å². The smallest absolute Gasteiger partial charge is 0.344 e. The lowest BCUT2D eigenvalue weighted by Gasteiger charge is -2.08. The van der Waals surface area contributed by atoms with Crippen LogP contribution < -0.4 is 10.1 Å². The molecule has 0 saturated carbocycles. The van der Waals surface area contributed by atoms with Gasteiger partial charge in [0.15, 0.2) is 13.2 Å². The molecule has 0 bridgehead atoms. The van der Waals surface area contributed by atoms with Crippen molar-refractivity contribution in [2.24, 2.45) is 0 Å². The van der Waals surface area contributed by atoms with E-state index in [1.54, 1.807) is 36.4 Å². The summed E-state index contributed by atoms with van der Waals surface area (Å²) in [4.78, 5) is 23.1. The van der Waals surface area contributed by atoms with Crippen molar-refractivity contribution in [2.45, 2.75) is 6.42 Å². The van der Waals surface area contributed by atoms with Gasteiger partial charge in [-0.05, 0) is 42.3 Å². The van der Waals surface area contributed by atoms with Crippen LogP contribution in [-0.4, -0.2) is 31.6 Å². The second-order valence-electron chi connectivity index (χ2n) is 5.13. The molecule has 0 aliphatic rings. The molecule has 1 amide bonds. The molecule has 0 aliphatic carbocycles. The van der Waals surface area contributed by atoms with E-state index in [0.717, 1.165) is 5.56 Å². The maximum atomic E-state index is 12.8. The van der Waals surface area contributed by atoms with Crippen LogP contribution in [0.15, 0.2) is 48.5 Å². The Bertz CT molecular complexity index is 721. The number of hydrogen-bond donors (Lipinski definition) is 1. The van der Waals surface area contributed by atoms with Gasteiger partial charge >= 0.3 is 5.97 Å². The Morgan fingerprint density at radius 3 is 2.56 bits per heavy atom. The highest BCUT2D eigenvalue weighted by Crippen LogP contribution is 2.16. The molecular formula is C18H17ClFNO4. The standard InChI is InChI=1S/C18H17ClFNO4/c19-14-2-1-3-16(10-14)24-12-18(23)25-11-17(22)21-9-8-13-4-6-15(20)7-5-13/h1-7,10H,8-9,11-12H2,(H,21,22). The molecule has 0 heterocycles. The number of ether oxygens (including phenoxy) is 2. The molecule has 2 aromatic rings. The molecule has 0 atom stereocenters. The second-order valence-corrected chi connectivity index (χ2v) is 5.57. The van der Waals surface area contributed by atoms with Gasteiger partial charge in [-0.15, -0.1) is 0 Å². The van der Waals surface area contributed by atoms with E-state index in [0.29, 0.717) is 23.7 Å². The Labute approximate surface area is 149 Å². The van der Waals surface area contributed by atoms with Crippen LogP contribution in [0, 0.1) is 5.82 Å². The lowest BCUT2D eigenvalue weighted by molar-refractivity contribution is -0.150. The summed E-state index contributed by atoms with van der Waals surface area (Å²) < 4.78 is 22.8. The number of carbonyl (C=O) groups excluding carboxylic acids is 2. The highest BCUT2D eigenvalue weighted by Gasteiger charge is 2.08. The SMILES string of the molecule is O=C(COC(=O)COc1cccc(Cl)c1)NCCc1ccc(F)cc1. The van der Waals surface area contributed by atoms with Crippen LogP contribution in [0.1, 0.15) is 5.56 Å². The quantitative estimate of drug-likeness (QED) is 0.731. The van der Waals surface area contributed by atoms with E-state index in [1.807, 2.05) is 0 Å². The Hall–Kier alpha value is -2.60. The molecule has 0 spiro atoms. The zero-order chi connectivity index (χ0) is 18.1. The van der Waals surface area contributed by atoms with Gasteiger partial charge in [-0.1, -0.05) is 29.8 Å². The number of benzene rings is 2. The van der Waals surface area contributed by atoms with Crippen molar-refractivity contribution in [3.63, 3.8) is 0 Å². The molecular weight excluding hydrogens is 349 g/mol. The Balaban J connectivity index is 1.60. The van der Waals surface area contributed by atoms with Crippen molar-refractivity contribution >= 4 is 23.5 Å². The highest BCUT2D eigenvalue weighted by molar-refractivity contribution is 6.30. The van der Waals surface area contributed by atoms with Crippen LogP contribution >= 0.6 is 11.6 Å². The third-order valence-electron chi connectivity index (χ3n) is 3.17. The van der Waals surface area contributed by atoms with Crippen LogP contribution in [0.3, 0.4) is 0 Å². The number of rotatable bonds is 8. The number of halogens is 2. The highest BCUT2D eigenvalue weighted by atomic mass is 35.5. The van der Waals surface area contributed by atoms with Gasteiger partial charge in [-0.2, -0.15) is 0 Å². The van der Waals surface area contributed by atoms with Gasteiger partial charge in [-0.3, -0.25) is 4.79 Å². The predicted molar refractivity (Wildman–Crippen MR) is 91.0 cm³/mol. The molecule has 5 nitrogen and oxygen atoms in total. The Morgan fingerprint density at radius 2 is 1.84 bits per heavy atom. The summed E-state index contributed by atoms with van der Waals surface area (Å²) in [6, 6.07) is 12.6. The van der Waals surface area contributed by atoms with Crippen LogP contribution in [0.5, 0.6) is 5.75 Å². The molecule has 0 radical (unpaired) electrons. The largest absolute Gasteiger partial charge is 0.482 e. The van der Waals surface area contributed by atoms with Gasteiger partial charge in [0.1, 0.15) is 11.6 Å². The van der Waals surface area contributed by atoms with Gasteiger partial charge in [-0.25, -0.2) is 9.18 Å². The predicted octanol–water partition coefficient (Wildman–Crippen LogP) is 2.76. The summed E-state index contributed by atoms with van der Waals surface area (Å²) in [5.41, 5.74) is 0.897. The Kier molecular flexibility index (Phi) is 7.22. The normalized spacial score (nSPS) is 10.2. The molecule has 0 fully saturated rings. The van der Waals surface area contributed by atoms with E-state index in [4.69, 9.17) is 21.1 Å². The number of hydrogen-bond acceptors (Lipinski definition) is 4. The van der Waals surface area contributed by atoms with E-state index in [2.05, 4.69) is 5.32 Å². The molecule has 25 heavy (non-hydrogen) atoms. The summed E-state index contributed by atoms with van der Waals surface area (Å²) in [7, 11) is 0. The fraction of sp³-hybridized carbons (Fsp3) is 0.222. The van der Waals surface area contributed by atoms with Crippen molar-refractivity contribution in [2.75, 3.05) is 19.8 Å². The lowest BCUT2D eigenvalue weighted by atomic mass is 10.1. The number of carbonyl (C=O) groups is 2. The minimum atomic E-state index is -0.659. The summed E-state index contributed by atoms with van der Waals surface area (Å²) in [5.74, 6) is -0.945. The third kappa shape index (κ3) is 7.22. The van der Waals surface area contributed by atoms with Crippen LogP contribution in [0.2, 0.25) is 5.02 Å². The topological polar surface area (TPSA) is 64.6 Å². The van der Waals surface area contributed by atoms with E-state index < -0.39 is 11.9 Å². The summed E-state index contributed by atoms with van der Waals surface area (Å²) in [5, 5.41) is 3.11. The molecule has 1 N–H and O–H groups in total. The summed E-state index contributed by atoms with van der Waals surface area (Å²) in [6.07, 6.45) is 0.553. The molecule has 132 valence electrons. The molecule has 7 heteroatoms. The van der Waals surface area contributed by atoms with E-state index in [9.17, 15) is 14.0 Å². The zero-order valence-corrected chi connectivity index (χ0v) is 14.1. The molecule has 0 aromatic heterocycles. The van der Waals surface area contributed by atoms with E-state index >= 15 is 0 Å². The molecule has 0 unspecified atom stereocenters. The lowest BCUT2D eigenvalue weighted by Crippen LogP contribution is -2.31. The van der Waals surface area contributed by atoms with E-state index in [1.165, 1.54) is 12.1 Å².